The first-order valence-corrected chi connectivity index (χ1v) is 6.68. The standard InChI is InChI=1S/C13H18N6O/c1-18-2-4-19(5-3-18)13-10-8-15-9(7-12(14)20)6-11(10)16-17-13/h6,8H,2-5,7H2,1H3,(H2,14,20)(H,16,17). The smallest absolute Gasteiger partial charge is 0.223 e. The zero-order chi connectivity index (χ0) is 14.1. The summed E-state index contributed by atoms with van der Waals surface area (Å²) in [5, 5.41) is 8.39. The van der Waals surface area contributed by atoms with Gasteiger partial charge in [-0.15, -0.1) is 0 Å². The Bertz CT molecular complexity index is 629. The maximum Gasteiger partial charge on any atom is 0.223 e. The van der Waals surface area contributed by atoms with Crippen LogP contribution in [0.3, 0.4) is 0 Å². The number of aromatic amines is 1. The van der Waals surface area contributed by atoms with E-state index in [0.29, 0.717) is 5.69 Å². The summed E-state index contributed by atoms with van der Waals surface area (Å²) in [6.07, 6.45) is 1.92. The number of fused-ring (bicyclic) bond motifs is 1. The molecule has 7 heteroatoms. The third-order valence-corrected chi connectivity index (χ3v) is 3.64. The molecule has 2 aromatic heterocycles. The summed E-state index contributed by atoms with van der Waals surface area (Å²) in [6.45, 7) is 3.97. The number of H-pyrrole nitrogens is 1. The van der Waals surface area contributed by atoms with E-state index in [1.807, 2.05) is 6.07 Å². The van der Waals surface area contributed by atoms with E-state index in [9.17, 15) is 4.79 Å². The fourth-order valence-corrected chi connectivity index (χ4v) is 2.48. The Morgan fingerprint density at radius 1 is 1.40 bits per heavy atom. The highest BCUT2D eigenvalue weighted by molar-refractivity contribution is 5.90. The van der Waals surface area contributed by atoms with Crippen LogP contribution in [0.1, 0.15) is 5.69 Å². The van der Waals surface area contributed by atoms with Crippen LogP contribution in [0.2, 0.25) is 0 Å². The molecule has 1 fully saturated rings. The minimum absolute atomic E-state index is 0.152. The van der Waals surface area contributed by atoms with Gasteiger partial charge >= 0.3 is 0 Å². The molecule has 0 spiro atoms. The van der Waals surface area contributed by atoms with Gasteiger partial charge in [-0.2, -0.15) is 5.10 Å². The van der Waals surface area contributed by atoms with Crippen LogP contribution in [0.5, 0.6) is 0 Å². The Morgan fingerprint density at radius 3 is 2.85 bits per heavy atom. The van der Waals surface area contributed by atoms with E-state index < -0.39 is 0 Å². The number of anilines is 1. The van der Waals surface area contributed by atoms with Gasteiger partial charge in [0.05, 0.1) is 23.0 Å². The number of nitrogens with zero attached hydrogens (tertiary/aromatic N) is 4. The topological polar surface area (TPSA) is 91.1 Å². The van der Waals surface area contributed by atoms with Gasteiger partial charge in [-0.1, -0.05) is 0 Å². The lowest BCUT2D eigenvalue weighted by atomic mass is 10.2. The lowest BCUT2D eigenvalue weighted by Crippen LogP contribution is -2.44. The van der Waals surface area contributed by atoms with E-state index in [4.69, 9.17) is 5.73 Å². The van der Waals surface area contributed by atoms with Gasteiger partial charge in [-0.05, 0) is 13.1 Å². The molecule has 106 valence electrons. The Balaban J connectivity index is 1.88. The predicted molar refractivity (Wildman–Crippen MR) is 76.5 cm³/mol. The van der Waals surface area contributed by atoms with Crippen LogP contribution < -0.4 is 10.6 Å². The fraction of sp³-hybridized carbons (Fsp3) is 0.462. The minimum atomic E-state index is -0.379. The molecule has 2 aromatic rings. The quantitative estimate of drug-likeness (QED) is 0.804. The number of amides is 1. The third kappa shape index (κ3) is 2.44. The highest BCUT2D eigenvalue weighted by atomic mass is 16.1. The average molecular weight is 274 g/mol. The van der Waals surface area contributed by atoms with Gasteiger partial charge in [0.15, 0.2) is 5.82 Å². The van der Waals surface area contributed by atoms with Gasteiger partial charge in [0.1, 0.15) is 0 Å². The van der Waals surface area contributed by atoms with Crippen molar-refractivity contribution in [1.29, 1.82) is 0 Å². The largest absolute Gasteiger partial charge is 0.369 e. The normalized spacial score (nSPS) is 16.8. The SMILES string of the molecule is CN1CCN(c2n[nH]c3cc(CC(N)=O)ncc23)CC1. The van der Waals surface area contributed by atoms with Crippen molar-refractivity contribution in [3.8, 4) is 0 Å². The molecule has 1 aliphatic rings. The Morgan fingerprint density at radius 2 is 2.15 bits per heavy atom. The van der Waals surface area contributed by atoms with E-state index in [-0.39, 0.29) is 12.3 Å². The number of primary amides is 1. The molecule has 7 nitrogen and oxygen atoms in total. The van der Waals surface area contributed by atoms with Gasteiger partial charge in [0.25, 0.3) is 0 Å². The van der Waals surface area contributed by atoms with E-state index >= 15 is 0 Å². The highest BCUT2D eigenvalue weighted by Gasteiger charge is 2.19. The monoisotopic (exact) mass is 274 g/mol. The molecule has 0 radical (unpaired) electrons. The molecule has 3 rings (SSSR count). The lowest BCUT2D eigenvalue weighted by molar-refractivity contribution is -0.117. The van der Waals surface area contributed by atoms with Crippen LogP contribution in [0.4, 0.5) is 5.82 Å². The van der Waals surface area contributed by atoms with Crippen LogP contribution in [-0.2, 0) is 11.2 Å². The summed E-state index contributed by atoms with van der Waals surface area (Å²) < 4.78 is 0. The van der Waals surface area contributed by atoms with Crippen molar-refractivity contribution >= 4 is 22.6 Å². The summed E-state index contributed by atoms with van der Waals surface area (Å²) in [5.74, 6) is 0.557. The second-order valence-electron chi connectivity index (χ2n) is 5.20. The number of hydrogen-bond acceptors (Lipinski definition) is 5. The molecule has 3 heterocycles. The van der Waals surface area contributed by atoms with Crippen molar-refractivity contribution < 1.29 is 4.79 Å². The van der Waals surface area contributed by atoms with E-state index in [0.717, 1.165) is 42.9 Å². The summed E-state index contributed by atoms with van der Waals surface area (Å²) in [6, 6.07) is 1.84. The summed E-state index contributed by atoms with van der Waals surface area (Å²) in [7, 11) is 2.12. The number of carbonyl (C=O) groups is 1. The van der Waals surface area contributed by atoms with Crippen molar-refractivity contribution in [2.24, 2.45) is 5.73 Å². The molecule has 0 aliphatic carbocycles. The number of hydrogen-bond donors (Lipinski definition) is 2. The number of pyridine rings is 1. The minimum Gasteiger partial charge on any atom is -0.369 e. The number of rotatable bonds is 3. The van der Waals surface area contributed by atoms with Gasteiger partial charge in [0, 0.05) is 32.4 Å². The molecule has 20 heavy (non-hydrogen) atoms. The Labute approximate surface area is 116 Å². The first-order valence-electron chi connectivity index (χ1n) is 6.68. The number of aromatic nitrogens is 3. The second-order valence-corrected chi connectivity index (χ2v) is 5.20. The van der Waals surface area contributed by atoms with Crippen molar-refractivity contribution in [2.45, 2.75) is 6.42 Å². The van der Waals surface area contributed by atoms with Gasteiger partial charge in [0.2, 0.25) is 5.91 Å². The highest BCUT2D eigenvalue weighted by Crippen LogP contribution is 2.24. The van der Waals surface area contributed by atoms with Crippen LogP contribution in [0, 0.1) is 0 Å². The Hall–Kier alpha value is -2.15. The molecule has 0 unspecified atom stereocenters. The first-order chi connectivity index (χ1) is 9.63. The molecule has 1 saturated heterocycles. The molecule has 1 amide bonds. The van der Waals surface area contributed by atoms with Crippen LogP contribution in [0.15, 0.2) is 12.3 Å². The third-order valence-electron chi connectivity index (χ3n) is 3.64. The summed E-state index contributed by atoms with van der Waals surface area (Å²) >= 11 is 0. The van der Waals surface area contributed by atoms with Crippen molar-refractivity contribution in [1.82, 2.24) is 20.1 Å². The van der Waals surface area contributed by atoms with Gasteiger partial charge in [-0.25, -0.2) is 0 Å². The Kier molecular flexibility index (Phi) is 3.27. The molecule has 0 bridgehead atoms. The van der Waals surface area contributed by atoms with E-state index in [1.54, 1.807) is 6.20 Å². The molecule has 0 aromatic carbocycles. The van der Waals surface area contributed by atoms with E-state index in [1.165, 1.54) is 0 Å². The van der Waals surface area contributed by atoms with Crippen LogP contribution in [0.25, 0.3) is 10.9 Å². The van der Waals surface area contributed by atoms with Crippen LogP contribution in [-0.4, -0.2) is 59.2 Å². The zero-order valence-electron chi connectivity index (χ0n) is 11.5. The average Bonchev–Trinajstić information content (AvgIpc) is 2.82. The van der Waals surface area contributed by atoms with Crippen molar-refractivity contribution in [3.05, 3.63) is 18.0 Å². The summed E-state index contributed by atoms with van der Waals surface area (Å²) in [4.78, 5) is 19.8. The molecule has 1 aliphatic heterocycles. The number of likely N-dealkylation sites (N-methyl/N-ethyl adjacent to an activating group) is 1. The van der Waals surface area contributed by atoms with Crippen LogP contribution >= 0.6 is 0 Å². The van der Waals surface area contributed by atoms with E-state index in [2.05, 4.69) is 32.0 Å². The number of piperazine rings is 1. The maximum atomic E-state index is 10.9. The lowest BCUT2D eigenvalue weighted by Gasteiger charge is -2.32. The first kappa shape index (κ1) is 12.9. The molecular weight excluding hydrogens is 256 g/mol. The summed E-state index contributed by atoms with van der Waals surface area (Å²) in [5.41, 5.74) is 6.75. The molecule has 0 saturated carbocycles. The van der Waals surface area contributed by atoms with Gasteiger partial charge in [-0.3, -0.25) is 14.9 Å². The number of nitrogens with two attached hydrogens (primary N) is 1. The number of nitrogens with one attached hydrogen (secondary N) is 1. The predicted octanol–water partition coefficient (Wildman–Crippen LogP) is -0.262. The van der Waals surface area contributed by atoms with Gasteiger partial charge < -0.3 is 15.5 Å². The fourth-order valence-electron chi connectivity index (χ4n) is 2.48. The number of carbonyl (C=O) groups excluding carboxylic acids is 1. The second kappa shape index (κ2) is 5.09. The molecular formula is C13H18N6O. The van der Waals surface area contributed by atoms with Crippen molar-refractivity contribution in [2.75, 3.05) is 38.1 Å². The van der Waals surface area contributed by atoms with Crippen molar-refractivity contribution in [3.63, 3.8) is 0 Å². The molecule has 0 atom stereocenters. The maximum absolute atomic E-state index is 10.9. The molecule has 3 N–H and O–H groups in total. The zero-order valence-corrected chi connectivity index (χ0v) is 11.5.